The van der Waals surface area contributed by atoms with Gasteiger partial charge in [0, 0.05) is 12.8 Å². The van der Waals surface area contributed by atoms with Gasteiger partial charge in [0.2, 0.25) is 0 Å². The van der Waals surface area contributed by atoms with E-state index in [-0.39, 0.29) is 18.9 Å². The summed E-state index contributed by atoms with van der Waals surface area (Å²) in [6, 6.07) is 0. The Labute approximate surface area is 206 Å². The van der Waals surface area contributed by atoms with Gasteiger partial charge in [-0.05, 0) is 32.1 Å². The number of hydrogen-bond acceptors (Lipinski definition) is 6. The van der Waals surface area contributed by atoms with Gasteiger partial charge in [-0.1, -0.05) is 96.8 Å². The molecule has 0 aromatic rings. The first-order chi connectivity index (χ1) is 16.4. The number of carboxylic acids is 1. The van der Waals surface area contributed by atoms with Crippen LogP contribution in [-0.2, 0) is 19.1 Å². The van der Waals surface area contributed by atoms with Crippen molar-refractivity contribution >= 4 is 17.9 Å². The van der Waals surface area contributed by atoms with Crippen LogP contribution in [-0.4, -0.2) is 45.4 Å². The molecule has 34 heavy (non-hydrogen) atoms. The summed E-state index contributed by atoms with van der Waals surface area (Å²) in [6.45, 7) is 2.19. The Morgan fingerprint density at radius 3 is 1.59 bits per heavy atom. The molecule has 0 rings (SSSR count). The molecule has 0 amide bonds. The first kappa shape index (κ1) is 32.5. The van der Waals surface area contributed by atoms with Crippen molar-refractivity contribution < 1.29 is 34.4 Å². The highest BCUT2D eigenvalue weighted by atomic mass is 16.6. The molecule has 0 aliphatic rings. The Morgan fingerprint density at radius 1 is 0.618 bits per heavy atom. The number of aliphatic carboxylic acids is 1. The average Bonchev–Trinajstić information content (AvgIpc) is 2.79. The van der Waals surface area contributed by atoms with E-state index < -0.39 is 24.0 Å². The lowest BCUT2D eigenvalue weighted by atomic mass is 10.0. The van der Waals surface area contributed by atoms with Gasteiger partial charge in [0.25, 0.3) is 0 Å². The summed E-state index contributed by atoms with van der Waals surface area (Å²) in [4.78, 5) is 33.9. The van der Waals surface area contributed by atoms with Gasteiger partial charge >= 0.3 is 17.9 Å². The molecule has 7 heteroatoms. The van der Waals surface area contributed by atoms with Gasteiger partial charge in [0.05, 0.1) is 6.10 Å². The van der Waals surface area contributed by atoms with Crippen molar-refractivity contribution in [2.75, 3.05) is 0 Å². The molecule has 0 fully saturated rings. The van der Waals surface area contributed by atoms with E-state index in [0.29, 0.717) is 19.3 Å². The van der Waals surface area contributed by atoms with Crippen LogP contribution in [0.3, 0.4) is 0 Å². The maximum Gasteiger partial charge on any atom is 0.342 e. The molecule has 200 valence electrons. The molecule has 3 N–H and O–H groups in total. The van der Waals surface area contributed by atoms with Crippen molar-refractivity contribution in [2.24, 2.45) is 0 Å². The summed E-state index contributed by atoms with van der Waals surface area (Å²) < 4.78 is 4.72. The lowest BCUT2D eigenvalue weighted by Crippen LogP contribution is -2.25. The third-order valence-corrected chi connectivity index (χ3v) is 6.16. The van der Waals surface area contributed by atoms with E-state index in [9.17, 15) is 24.6 Å². The minimum absolute atomic E-state index is 0.132. The fraction of sp³-hybridized carbons (Fsp3) is 0.889. The molecule has 0 aromatic carbocycles. The Morgan fingerprint density at radius 2 is 1.06 bits per heavy atom. The lowest BCUT2D eigenvalue weighted by molar-refractivity contribution is -0.166. The topological polar surface area (TPSA) is 121 Å². The number of carbonyl (C=O) groups is 3. The smallest absolute Gasteiger partial charge is 0.342 e. The Hall–Kier alpha value is -1.47. The van der Waals surface area contributed by atoms with Gasteiger partial charge < -0.3 is 20.1 Å². The highest BCUT2D eigenvalue weighted by molar-refractivity contribution is 5.87. The maximum atomic E-state index is 11.8. The lowest BCUT2D eigenvalue weighted by Gasteiger charge is -2.10. The zero-order valence-electron chi connectivity index (χ0n) is 21.5. The van der Waals surface area contributed by atoms with Crippen LogP contribution >= 0.6 is 0 Å². The van der Waals surface area contributed by atoms with E-state index in [0.717, 1.165) is 83.5 Å². The van der Waals surface area contributed by atoms with Gasteiger partial charge in [-0.25, -0.2) is 4.79 Å². The van der Waals surface area contributed by atoms with Crippen LogP contribution in [0.5, 0.6) is 0 Å². The third-order valence-electron chi connectivity index (χ3n) is 6.16. The largest absolute Gasteiger partial charge is 0.481 e. The van der Waals surface area contributed by atoms with Crippen LogP contribution in [0, 0.1) is 0 Å². The van der Waals surface area contributed by atoms with Gasteiger partial charge in [-0.3, -0.25) is 9.59 Å². The standard InChI is InChI=1S/C27H50O7/c1-2-3-4-13-18-23(28)19-14-9-6-5-7-10-15-20-24(29)27(33)34-26(32)22-17-12-8-11-16-21-25(30)31/h23-24,28-29H,2-22H2,1H3,(H,30,31). The number of aliphatic hydroxyl groups is 2. The second kappa shape index (κ2) is 23.3. The van der Waals surface area contributed by atoms with Crippen molar-refractivity contribution in [1.82, 2.24) is 0 Å². The minimum atomic E-state index is -1.25. The second-order valence-corrected chi connectivity index (χ2v) is 9.53. The third kappa shape index (κ3) is 22.3. The van der Waals surface area contributed by atoms with Crippen molar-refractivity contribution in [1.29, 1.82) is 0 Å². The Kier molecular flexibility index (Phi) is 22.3. The molecule has 0 aromatic heterocycles. The van der Waals surface area contributed by atoms with Crippen molar-refractivity contribution in [3.63, 3.8) is 0 Å². The molecule has 0 heterocycles. The second-order valence-electron chi connectivity index (χ2n) is 9.53. The number of carbonyl (C=O) groups excluding carboxylic acids is 2. The Bertz CT molecular complexity index is 521. The van der Waals surface area contributed by atoms with E-state index in [1.807, 2.05) is 0 Å². The molecule has 0 spiro atoms. The molecule has 0 saturated carbocycles. The molecule has 0 aliphatic carbocycles. The predicted molar refractivity (Wildman–Crippen MR) is 133 cm³/mol. The van der Waals surface area contributed by atoms with Crippen LogP contribution in [0.2, 0.25) is 0 Å². The van der Waals surface area contributed by atoms with E-state index in [2.05, 4.69) is 6.92 Å². The monoisotopic (exact) mass is 486 g/mol. The predicted octanol–water partition coefficient (Wildman–Crippen LogP) is 6.07. The summed E-state index contributed by atoms with van der Waals surface area (Å²) in [6.07, 6.45) is 16.6. The quantitative estimate of drug-likeness (QED) is 0.0859. The zero-order chi connectivity index (χ0) is 25.4. The van der Waals surface area contributed by atoms with Crippen LogP contribution in [0.1, 0.15) is 142 Å². The number of rotatable bonds is 24. The molecule has 0 radical (unpaired) electrons. The first-order valence-electron chi connectivity index (χ1n) is 13.7. The summed E-state index contributed by atoms with van der Waals surface area (Å²) >= 11 is 0. The zero-order valence-corrected chi connectivity index (χ0v) is 21.5. The number of hydrogen-bond donors (Lipinski definition) is 3. The molecule has 2 unspecified atom stereocenters. The normalized spacial score (nSPS) is 12.9. The van der Waals surface area contributed by atoms with E-state index >= 15 is 0 Å². The van der Waals surface area contributed by atoms with Crippen LogP contribution < -0.4 is 0 Å². The molecule has 7 nitrogen and oxygen atoms in total. The fourth-order valence-corrected chi connectivity index (χ4v) is 3.98. The number of unbranched alkanes of at least 4 members (excludes halogenated alkanes) is 13. The van der Waals surface area contributed by atoms with Gasteiger partial charge in [0.15, 0.2) is 6.10 Å². The molecule has 0 bridgehead atoms. The summed E-state index contributed by atoms with van der Waals surface area (Å²) in [5.74, 6) is -2.27. The van der Waals surface area contributed by atoms with Crippen molar-refractivity contribution in [3.8, 4) is 0 Å². The van der Waals surface area contributed by atoms with Crippen LogP contribution in [0.15, 0.2) is 0 Å². The van der Waals surface area contributed by atoms with Crippen molar-refractivity contribution in [3.05, 3.63) is 0 Å². The molecule has 2 atom stereocenters. The number of aliphatic hydroxyl groups excluding tert-OH is 2. The summed E-state index contributed by atoms with van der Waals surface area (Å²) in [7, 11) is 0. The number of ether oxygens (including phenoxy) is 1. The highest BCUT2D eigenvalue weighted by Gasteiger charge is 2.19. The van der Waals surface area contributed by atoms with Gasteiger partial charge in [-0.2, -0.15) is 0 Å². The van der Waals surface area contributed by atoms with Crippen LogP contribution in [0.4, 0.5) is 0 Å². The minimum Gasteiger partial charge on any atom is -0.481 e. The molecule has 0 aliphatic heterocycles. The average molecular weight is 487 g/mol. The highest BCUT2D eigenvalue weighted by Crippen LogP contribution is 2.15. The fourth-order valence-electron chi connectivity index (χ4n) is 3.98. The van der Waals surface area contributed by atoms with E-state index in [1.165, 1.54) is 19.3 Å². The number of carboxylic acid groups (broad SMARTS) is 1. The molecular formula is C27H50O7. The molecule has 0 saturated heterocycles. The summed E-state index contributed by atoms with van der Waals surface area (Å²) in [5, 5.41) is 28.4. The number of esters is 2. The molecular weight excluding hydrogens is 436 g/mol. The Balaban J connectivity index is 3.53. The van der Waals surface area contributed by atoms with E-state index in [4.69, 9.17) is 9.84 Å². The van der Waals surface area contributed by atoms with E-state index in [1.54, 1.807) is 0 Å². The summed E-state index contributed by atoms with van der Waals surface area (Å²) in [5.41, 5.74) is 0. The maximum absolute atomic E-state index is 11.8. The van der Waals surface area contributed by atoms with Gasteiger partial charge in [0.1, 0.15) is 0 Å². The van der Waals surface area contributed by atoms with Gasteiger partial charge in [-0.15, -0.1) is 0 Å². The SMILES string of the molecule is CCCCCCC(O)CCCCCCCCCC(O)C(=O)OC(=O)CCCCCCCC(=O)O. The first-order valence-corrected chi connectivity index (χ1v) is 13.7. The van der Waals surface area contributed by atoms with Crippen molar-refractivity contribution in [2.45, 2.75) is 154 Å². The van der Waals surface area contributed by atoms with Crippen LogP contribution in [0.25, 0.3) is 0 Å².